The summed E-state index contributed by atoms with van der Waals surface area (Å²) in [6.07, 6.45) is 2.20. The monoisotopic (exact) mass is 235 g/mol. The van der Waals surface area contributed by atoms with Crippen LogP contribution in [0.25, 0.3) is 0 Å². The van der Waals surface area contributed by atoms with E-state index in [1.165, 1.54) is 6.07 Å². The second-order valence-corrected chi connectivity index (χ2v) is 3.18. The average molecular weight is 236 g/mol. The lowest BCUT2D eigenvalue weighted by Crippen LogP contribution is -2.11. The first-order valence-corrected chi connectivity index (χ1v) is 4.35. The largest absolute Gasteiger partial charge is 0.324 e. The van der Waals surface area contributed by atoms with Crippen molar-refractivity contribution in [2.45, 2.75) is 12.5 Å². The summed E-state index contributed by atoms with van der Waals surface area (Å²) in [4.78, 5) is 0. The van der Waals surface area contributed by atoms with Gasteiger partial charge in [-0.3, -0.25) is 0 Å². The number of benzene rings is 1. The van der Waals surface area contributed by atoms with E-state index in [-0.39, 0.29) is 23.5 Å². The fourth-order valence-electron chi connectivity index (χ4n) is 1.11. The Morgan fingerprint density at radius 3 is 2.79 bits per heavy atom. The van der Waals surface area contributed by atoms with Crippen LogP contribution < -0.4 is 5.73 Å². The SMILES string of the molecule is C=CC[C@@H](N)c1cccc(Cl)c1F.Cl. The third-order valence-corrected chi connectivity index (χ3v) is 2.09. The van der Waals surface area contributed by atoms with E-state index in [9.17, 15) is 4.39 Å². The summed E-state index contributed by atoms with van der Waals surface area (Å²) in [7, 11) is 0. The molecular weight excluding hydrogens is 224 g/mol. The molecule has 4 heteroatoms. The highest BCUT2D eigenvalue weighted by Gasteiger charge is 2.11. The molecule has 0 spiro atoms. The highest BCUT2D eigenvalue weighted by Crippen LogP contribution is 2.23. The van der Waals surface area contributed by atoms with Gasteiger partial charge in [-0.2, -0.15) is 0 Å². The quantitative estimate of drug-likeness (QED) is 0.799. The van der Waals surface area contributed by atoms with Crippen molar-refractivity contribution in [1.82, 2.24) is 0 Å². The fraction of sp³-hybridized carbons (Fsp3) is 0.200. The van der Waals surface area contributed by atoms with Gasteiger partial charge in [0.2, 0.25) is 0 Å². The number of rotatable bonds is 3. The number of hydrogen-bond donors (Lipinski definition) is 1. The minimum atomic E-state index is -0.432. The van der Waals surface area contributed by atoms with Crippen LogP contribution in [0.2, 0.25) is 5.02 Å². The van der Waals surface area contributed by atoms with Crippen LogP contribution in [0.15, 0.2) is 30.9 Å². The standard InChI is InChI=1S/C10H11ClFN.ClH/c1-2-4-9(13)7-5-3-6-8(11)10(7)12;/h2-3,5-6,9H,1,4,13H2;1H/t9-;/m1./s1. The molecule has 78 valence electrons. The van der Waals surface area contributed by atoms with Gasteiger partial charge >= 0.3 is 0 Å². The van der Waals surface area contributed by atoms with E-state index in [0.717, 1.165) is 0 Å². The fourth-order valence-corrected chi connectivity index (χ4v) is 1.30. The topological polar surface area (TPSA) is 26.0 Å². The van der Waals surface area contributed by atoms with Gasteiger partial charge < -0.3 is 5.73 Å². The van der Waals surface area contributed by atoms with E-state index in [1.54, 1.807) is 18.2 Å². The second-order valence-electron chi connectivity index (χ2n) is 2.77. The van der Waals surface area contributed by atoms with Crippen LogP contribution in [0, 0.1) is 5.82 Å². The van der Waals surface area contributed by atoms with Crippen LogP contribution >= 0.6 is 24.0 Å². The van der Waals surface area contributed by atoms with Gasteiger partial charge in [-0.15, -0.1) is 19.0 Å². The van der Waals surface area contributed by atoms with Gasteiger partial charge in [0.25, 0.3) is 0 Å². The van der Waals surface area contributed by atoms with Gasteiger partial charge in [-0.1, -0.05) is 29.8 Å². The van der Waals surface area contributed by atoms with Crippen molar-refractivity contribution in [2.75, 3.05) is 0 Å². The first kappa shape index (κ1) is 13.4. The zero-order valence-corrected chi connectivity index (χ0v) is 9.11. The molecule has 0 aromatic heterocycles. The molecule has 14 heavy (non-hydrogen) atoms. The Balaban J connectivity index is 0.00000169. The lowest BCUT2D eigenvalue weighted by molar-refractivity contribution is 0.584. The summed E-state index contributed by atoms with van der Waals surface area (Å²) in [5.41, 5.74) is 6.14. The molecule has 0 unspecified atom stereocenters. The Labute approximate surface area is 94.2 Å². The summed E-state index contributed by atoms with van der Waals surface area (Å²) in [6.45, 7) is 3.54. The second kappa shape index (κ2) is 6.02. The molecule has 1 aromatic rings. The Hall–Kier alpha value is -0.570. The third kappa shape index (κ3) is 2.98. The molecule has 0 aliphatic carbocycles. The van der Waals surface area contributed by atoms with E-state index in [4.69, 9.17) is 17.3 Å². The maximum atomic E-state index is 13.3. The predicted molar refractivity (Wildman–Crippen MR) is 60.4 cm³/mol. The van der Waals surface area contributed by atoms with Gasteiger partial charge in [0.05, 0.1) is 5.02 Å². The Kier molecular flexibility index (Phi) is 5.77. The maximum Gasteiger partial charge on any atom is 0.146 e. The molecule has 0 heterocycles. The Morgan fingerprint density at radius 2 is 2.21 bits per heavy atom. The van der Waals surface area contributed by atoms with Gasteiger partial charge in [-0.05, 0) is 12.5 Å². The van der Waals surface area contributed by atoms with Gasteiger partial charge in [0.15, 0.2) is 0 Å². The van der Waals surface area contributed by atoms with E-state index in [0.29, 0.717) is 12.0 Å². The van der Waals surface area contributed by atoms with Crippen molar-refractivity contribution in [1.29, 1.82) is 0 Å². The highest BCUT2D eigenvalue weighted by atomic mass is 35.5. The molecule has 0 radical (unpaired) electrons. The predicted octanol–water partition coefficient (Wildman–Crippen LogP) is 3.48. The highest BCUT2D eigenvalue weighted by molar-refractivity contribution is 6.30. The Bertz CT molecular complexity index is 315. The van der Waals surface area contributed by atoms with Crippen LogP contribution in [0.1, 0.15) is 18.0 Å². The van der Waals surface area contributed by atoms with Crippen molar-refractivity contribution >= 4 is 24.0 Å². The van der Waals surface area contributed by atoms with Crippen LogP contribution in [-0.2, 0) is 0 Å². The average Bonchev–Trinajstić information content (AvgIpc) is 2.10. The lowest BCUT2D eigenvalue weighted by Gasteiger charge is -2.10. The number of halogens is 3. The first-order valence-electron chi connectivity index (χ1n) is 3.97. The molecule has 0 saturated heterocycles. The molecular formula is C10H12Cl2FN. The van der Waals surface area contributed by atoms with Crippen molar-refractivity contribution in [3.63, 3.8) is 0 Å². The summed E-state index contributed by atoms with van der Waals surface area (Å²) in [5, 5.41) is 0.108. The molecule has 2 N–H and O–H groups in total. The number of hydrogen-bond acceptors (Lipinski definition) is 1. The van der Waals surface area contributed by atoms with Gasteiger partial charge in [0.1, 0.15) is 5.82 Å². The minimum absolute atomic E-state index is 0. The molecule has 1 aromatic carbocycles. The van der Waals surface area contributed by atoms with Gasteiger partial charge in [0, 0.05) is 11.6 Å². The number of nitrogens with two attached hydrogens (primary N) is 1. The van der Waals surface area contributed by atoms with Crippen LogP contribution in [-0.4, -0.2) is 0 Å². The first-order chi connectivity index (χ1) is 6.16. The minimum Gasteiger partial charge on any atom is -0.324 e. The molecule has 0 bridgehead atoms. The van der Waals surface area contributed by atoms with Gasteiger partial charge in [-0.25, -0.2) is 4.39 Å². The van der Waals surface area contributed by atoms with E-state index in [1.807, 2.05) is 0 Å². The molecule has 0 aliphatic rings. The van der Waals surface area contributed by atoms with E-state index < -0.39 is 5.82 Å². The third-order valence-electron chi connectivity index (χ3n) is 1.80. The lowest BCUT2D eigenvalue weighted by atomic mass is 10.0. The van der Waals surface area contributed by atoms with Crippen LogP contribution in [0.4, 0.5) is 4.39 Å². The molecule has 0 amide bonds. The van der Waals surface area contributed by atoms with Crippen LogP contribution in [0.3, 0.4) is 0 Å². The smallest absolute Gasteiger partial charge is 0.146 e. The van der Waals surface area contributed by atoms with E-state index >= 15 is 0 Å². The molecule has 0 aliphatic heterocycles. The van der Waals surface area contributed by atoms with E-state index in [2.05, 4.69) is 6.58 Å². The summed E-state index contributed by atoms with van der Waals surface area (Å²) < 4.78 is 13.3. The summed E-state index contributed by atoms with van der Waals surface area (Å²) in [6, 6.07) is 4.45. The summed E-state index contributed by atoms with van der Waals surface area (Å²) in [5.74, 6) is -0.432. The van der Waals surface area contributed by atoms with Crippen molar-refractivity contribution in [3.8, 4) is 0 Å². The van der Waals surface area contributed by atoms with Crippen molar-refractivity contribution in [2.24, 2.45) is 5.73 Å². The summed E-state index contributed by atoms with van der Waals surface area (Å²) >= 11 is 5.60. The van der Waals surface area contributed by atoms with Crippen LogP contribution in [0.5, 0.6) is 0 Å². The van der Waals surface area contributed by atoms with Crippen molar-refractivity contribution in [3.05, 3.63) is 47.3 Å². The molecule has 0 fully saturated rings. The Morgan fingerprint density at radius 1 is 1.57 bits per heavy atom. The normalized spacial score (nSPS) is 11.6. The zero-order chi connectivity index (χ0) is 9.84. The van der Waals surface area contributed by atoms with Crippen molar-refractivity contribution < 1.29 is 4.39 Å². The molecule has 1 rings (SSSR count). The maximum absolute atomic E-state index is 13.3. The zero-order valence-electron chi connectivity index (χ0n) is 7.54. The molecule has 1 atom stereocenters. The molecule has 1 nitrogen and oxygen atoms in total. The molecule has 0 saturated carbocycles.